The van der Waals surface area contributed by atoms with Crippen molar-refractivity contribution in [3.63, 3.8) is 0 Å². The Morgan fingerprint density at radius 1 is 1.17 bits per heavy atom. The van der Waals surface area contributed by atoms with E-state index in [1.165, 1.54) is 11.3 Å². The third kappa shape index (κ3) is 3.40. The average molecular weight is 407 g/mol. The van der Waals surface area contributed by atoms with Gasteiger partial charge in [-0.15, -0.1) is 17.3 Å². The summed E-state index contributed by atoms with van der Waals surface area (Å²) in [6, 6.07) is 3.89. The fourth-order valence-corrected chi connectivity index (χ4v) is 5.35. The molecule has 0 N–H and O–H groups in total. The lowest BCUT2D eigenvalue weighted by molar-refractivity contribution is -0.141. The molecule has 29 heavy (non-hydrogen) atoms. The standard InChI is InChI=1S/C23H22N2O3S/c1-4-5-16-8-14(2)19(15(3)9-16)20-17(26)10-23(11-18(20)27)12-25(13-23)22(28)21-24-6-7-29-21/h6-9,20H,10-13H2,1-3H3. The Morgan fingerprint density at radius 2 is 1.79 bits per heavy atom. The van der Waals surface area contributed by atoms with Gasteiger partial charge in [-0.05, 0) is 49.6 Å². The number of carbonyl (C=O) groups is 3. The van der Waals surface area contributed by atoms with Crippen LogP contribution < -0.4 is 0 Å². The molecule has 1 aliphatic carbocycles. The fraction of sp³-hybridized carbons (Fsp3) is 0.391. The average Bonchev–Trinajstić information content (AvgIpc) is 3.15. The highest BCUT2D eigenvalue weighted by atomic mass is 32.1. The molecule has 2 fully saturated rings. The van der Waals surface area contributed by atoms with Crippen molar-refractivity contribution in [2.24, 2.45) is 5.41 Å². The summed E-state index contributed by atoms with van der Waals surface area (Å²) < 4.78 is 0. The molecule has 0 radical (unpaired) electrons. The Balaban J connectivity index is 1.52. The van der Waals surface area contributed by atoms with E-state index < -0.39 is 11.3 Å². The maximum atomic E-state index is 13.1. The summed E-state index contributed by atoms with van der Waals surface area (Å²) in [7, 11) is 0. The van der Waals surface area contributed by atoms with E-state index in [0.29, 0.717) is 30.9 Å². The zero-order valence-electron chi connectivity index (χ0n) is 16.7. The summed E-state index contributed by atoms with van der Waals surface area (Å²) in [6.07, 6.45) is 2.27. The zero-order chi connectivity index (χ0) is 20.8. The summed E-state index contributed by atoms with van der Waals surface area (Å²) in [6.45, 7) is 6.54. The Kier molecular flexibility index (Phi) is 4.87. The van der Waals surface area contributed by atoms with Gasteiger partial charge in [0.2, 0.25) is 0 Å². The molecule has 1 aliphatic heterocycles. The lowest BCUT2D eigenvalue weighted by Crippen LogP contribution is -2.62. The molecule has 1 spiro atoms. The van der Waals surface area contributed by atoms with Crippen LogP contribution in [0, 0.1) is 31.1 Å². The van der Waals surface area contributed by atoms with Crippen LogP contribution in [0.4, 0.5) is 0 Å². The number of hydrogen-bond acceptors (Lipinski definition) is 5. The zero-order valence-corrected chi connectivity index (χ0v) is 17.6. The van der Waals surface area contributed by atoms with Gasteiger partial charge in [-0.25, -0.2) is 4.98 Å². The predicted molar refractivity (Wildman–Crippen MR) is 111 cm³/mol. The van der Waals surface area contributed by atoms with Crippen molar-refractivity contribution in [3.05, 3.63) is 51.0 Å². The second-order valence-corrected chi connectivity index (χ2v) is 9.01. The van der Waals surface area contributed by atoms with Gasteiger partial charge in [-0.1, -0.05) is 5.92 Å². The highest BCUT2D eigenvalue weighted by molar-refractivity contribution is 7.11. The van der Waals surface area contributed by atoms with Crippen molar-refractivity contribution in [2.45, 2.75) is 39.5 Å². The largest absolute Gasteiger partial charge is 0.335 e. The lowest BCUT2D eigenvalue weighted by Gasteiger charge is -2.52. The number of likely N-dealkylation sites (tertiary alicyclic amines) is 1. The number of rotatable bonds is 2. The van der Waals surface area contributed by atoms with E-state index >= 15 is 0 Å². The molecule has 1 amide bonds. The minimum absolute atomic E-state index is 0.0388. The van der Waals surface area contributed by atoms with Crippen LogP contribution in [0.2, 0.25) is 0 Å². The topological polar surface area (TPSA) is 67.3 Å². The molecule has 5 nitrogen and oxygen atoms in total. The van der Waals surface area contributed by atoms with E-state index in [9.17, 15) is 14.4 Å². The van der Waals surface area contributed by atoms with E-state index in [1.807, 2.05) is 26.0 Å². The van der Waals surface area contributed by atoms with E-state index in [0.717, 1.165) is 22.3 Å². The molecular formula is C23H22N2O3S. The van der Waals surface area contributed by atoms with Crippen LogP contribution in [0.5, 0.6) is 0 Å². The molecule has 2 aliphatic rings. The van der Waals surface area contributed by atoms with Gasteiger partial charge in [0.15, 0.2) is 5.01 Å². The number of aryl methyl sites for hydroxylation is 2. The van der Waals surface area contributed by atoms with Crippen LogP contribution in [0.1, 0.15) is 57.7 Å². The minimum Gasteiger partial charge on any atom is -0.335 e. The van der Waals surface area contributed by atoms with Crippen LogP contribution in [0.15, 0.2) is 23.7 Å². The van der Waals surface area contributed by atoms with Crippen LogP contribution >= 0.6 is 11.3 Å². The molecule has 0 unspecified atom stereocenters. The first-order valence-corrected chi connectivity index (χ1v) is 10.5. The molecule has 2 heterocycles. The van der Waals surface area contributed by atoms with E-state index in [1.54, 1.807) is 23.4 Å². The number of nitrogens with zero attached hydrogens (tertiary/aromatic N) is 2. The van der Waals surface area contributed by atoms with Gasteiger partial charge in [0.25, 0.3) is 5.91 Å². The van der Waals surface area contributed by atoms with Gasteiger partial charge in [0.1, 0.15) is 17.5 Å². The number of carbonyl (C=O) groups excluding carboxylic acids is 3. The highest BCUT2D eigenvalue weighted by Gasteiger charge is 2.53. The van der Waals surface area contributed by atoms with Gasteiger partial charge in [-0.2, -0.15) is 0 Å². The predicted octanol–water partition coefficient (Wildman–Crippen LogP) is 3.29. The second-order valence-electron chi connectivity index (χ2n) is 8.12. The van der Waals surface area contributed by atoms with Crippen LogP contribution in [-0.4, -0.2) is 40.4 Å². The molecule has 0 bridgehead atoms. The van der Waals surface area contributed by atoms with E-state index in [2.05, 4.69) is 16.8 Å². The summed E-state index contributed by atoms with van der Waals surface area (Å²) in [4.78, 5) is 44.3. The molecule has 1 saturated carbocycles. The summed E-state index contributed by atoms with van der Waals surface area (Å²) in [5.74, 6) is 5.03. The van der Waals surface area contributed by atoms with Crippen LogP contribution in [0.3, 0.4) is 0 Å². The Bertz CT molecular complexity index is 1030. The monoisotopic (exact) mass is 406 g/mol. The highest BCUT2D eigenvalue weighted by Crippen LogP contribution is 2.46. The van der Waals surface area contributed by atoms with Crippen molar-refractivity contribution < 1.29 is 14.4 Å². The number of benzene rings is 1. The number of amides is 1. The molecule has 1 aromatic carbocycles. The first-order valence-electron chi connectivity index (χ1n) is 9.62. The van der Waals surface area contributed by atoms with Gasteiger partial charge < -0.3 is 4.90 Å². The summed E-state index contributed by atoms with van der Waals surface area (Å²) in [5, 5.41) is 2.22. The molecule has 2 aromatic rings. The van der Waals surface area contributed by atoms with E-state index in [-0.39, 0.29) is 17.5 Å². The van der Waals surface area contributed by atoms with E-state index in [4.69, 9.17) is 0 Å². The van der Waals surface area contributed by atoms with Gasteiger partial charge in [0, 0.05) is 48.5 Å². The fourth-order valence-electron chi connectivity index (χ4n) is 4.75. The minimum atomic E-state index is -0.701. The van der Waals surface area contributed by atoms with Gasteiger partial charge >= 0.3 is 0 Å². The smallest absolute Gasteiger partial charge is 0.282 e. The van der Waals surface area contributed by atoms with Crippen molar-refractivity contribution in [1.82, 2.24) is 9.88 Å². The molecule has 4 rings (SSSR count). The van der Waals surface area contributed by atoms with Crippen molar-refractivity contribution in [3.8, 4) is 11.8 Å². The van der Waals surface area contributed by atoms with Gasteiger partial charge in [0.05, 0.1) is 0 Å². The normalized spacial score (nSPS) is 18.4. The quantitative estimate of drug-likeness (QED) is 0.567. The first kappa shape index (κ1) is 19.5. The van der Waals surface area contributed by atoms with Crippen molar-refractivity contribution in [2.75, 3.05) is 13.1 Å². The van der Waals surface area contributed by atoms with Crippen molar-refractivity contribution >= 4 is 28.8 Å². The van der Waals surface area contributed by atoms with Gasteiger partial charge in [-0.3, -0.25) is 14.4 Å². The second kappa shape index (κ2) is 7.23. The first-order chi connectivity index (χ1) is 13.8. The molecular weight excluding hydrogens is 384 g/mol. The molecule has 148 valence electrons. The maximum absolute atomic E-state index is 13.1. The maximum Gasteiger partial charge on any atom is 0.282 e. The van der Waals surface area contributed by atoms with Crippen LogP contribution in [-0.2, 0) is 9.59 Å². The number of aromatic nitrogens is 1. The molecule has 0 atom stereocenters. The SMILES string of the molecule is CC#Cc1cc(C)c(C2C(=O)CC3(CC2=O)CN(C(=O)c2nccs2)C3)c(C)c1. The Hall–Kier alpha value is -2.78. The molecule has 1 saturated heterocycles. The Morgan fingerprint density at radius 3 is 2.31 bits per heavy atom. The van der Waals surface area contributed by atoms with Crippen LogP contribution in [0.25, 0.3) is 0 Å². The number of thiazole rings is 1. The third-order valence-corrected chi connectivity index (χ3v) is 6.61. The molecule has 1 aromatic heterocycles. The number of hydrogen-bond donors (Lipinski definition) is 0. The lowest BCUT2D eigenvalue weighted by atomic mass is 9.63. The van der Waals surface area contributed by atoms with Crippen molar-refractivity contribution in [1.29, 1.82) is 0 Å². The third-order valence-electron chi connectivity index (χ3n) is 5.85. The summed E-state index contributed by atoms with van der Waals surface area (Å²) in [5.41, 5.74) is 3.17. The molecule has 6 heteroatoms. The summed E-state index contributed by atoms with van der Waals surface area (Å²) >= 11 is 1.30. The Labute approximate surface area is 174 Å². The number of Topliss-reactive ketones (excluding diaryl/α,β-unsaturated/α-hetero) is 2. The number of ketones is 2.